The van der Waals surface area contributed by atoms with Crippen molar-refractivity contribution in [3.05, 3.63) is 35.9 Å². The molecule has 0 aromatic heterocycles. The van der Waals surface area contributed by atoms with E-state index in [9.17, 15) is 4.79 Å². The van der Waals surface area contributed by atoms with Gasteiger partial charge in [0.15, 0.2) is 0 Å². The molecule has 1 aromatic carbocycles. The summed E-state index contributed by atoms with van der Waals surface area (Å²) in [5.74, 6) is -0.0757. The van der Waals surface area contributed by atoms with Crippen LogP contribution in [-0.2, 0) is 9.53 Å². The molecule has 0 amide bonds. The summed E-state index contributed by atoms with van der Waals surface area (Å²) in [4.78, 5) is 11.7. The lowest BCUT2D eigenvalue weighted by atomic mass is 10.0. The Labute approximate surface area is 96.8 Å². The van der Waals surface area contributed by atoms with E-state index in [-0.39, 0.29) is 21.8 Å². The van der Waals surface area contributed by atoms with Crippen LogP contribution in [0.2, 0.25) is 0 Å². The number of hydrogen-bond donors (Lipinski definition) is 0. The third kappa shape index (κ3) is 1.02. The van der Waals surface area contributed by atoms with Gasteiger partial charge in [-0.3, -0.25) is 4.79 Å². The molecule has 15 heavy (non-hydrogen) atoms. The van der Waals surface area contributed by atoms with E-state index in [0.717, 1.165) is 12.0 Å². The van der Waals surface area contributed by atoms with Gasteiger partial charge in [0.1, 0.15) is 6.10 Å². The average Bonchev–Trinajstić information content (AvgIpc) is 2.75. The summed E-state index contributed by atoms with van der Waals surface area (Å²) in [6.45, 7) is 1.97. The van der Waals surface area contributed by atoms with Gasteiger partial charge in [-0.2, -0.15) is 0 Å². The van der Waals surface area contributed by atoms with Gasteiger partial charge in [0.25, 0.3) is 0 Å². The van der Waals surface area contributed by atoms with E-state index < -0.39 is 0 Å². The number of benzene rings is 1. The van der Waals surface area contributed by atoms with Crippen LogP contribution in [0, 0.1) is 5.41 Å². The lowest BCUT2D eigenvalue weighted by Crippen LogP contribution is -2.13. The molecular weight excluding hydrogens is 256 g/mol. The Morgan fingerprint density at radius 1 is 1.40 bits per heavy atom. The van der Waals surface area contributed by atoms with Gasteiger partial charge in [0.2, 0.25) is 0 Å². The van der Waals surface area contributed by atoms with E-state index in [1.54, 1.807) is 0 Å². The van der Waals surface area contributed by atoms with E-state index >= 15 is 0 Å². The van der Waals surface area contributed by atoms with E-state index in [2.05, 4.69) is 15.9 Å². The van der Waals surface area contributed by atoms with Crippen molar-refractivity contribution in [1.29, 1.82) is 0 Å². The predicted octanol–water partition coefficient (Wildman–Crippen LogP) is 2.83. The molecule has 1 heterocycles. The van der Waals surface area contributed by atoms with Crippen LogP contribution in [0.1, 0.15) is 25.0 Å². The number of halogens is 1. The van der Waals surface area contributed by atoms with Crippen molar-refractivity contribution in [3.8, 4) is 0 Å². The highest BCUT2D eigenvalue weighted by atomic mass is 79.9. The van der Waals surface area contributed by atoms with Gasteiger partial charge in [-0.15, -0.1) is 0 Å². The molecule has 1 aromatic rings. The highest BCUT2D eigenvalue weighted by Crippen LogP contribution is 2.73. The fraction of sp³-hybridized carbons (Fsp3) is 0.417. The smallest absolute Gasteiger partial charge is 0.314 e. The average molecular weight is 267 g/mol. The number of alkyl halides is 1. The molecule has 3 atom stereocenters. The molecule has 1 aliphatic heterocycles. The molecular formula is C12H11BrO2. The summed E-state index contributed by atoms with van der Waals surface area (Å²) in [7, 11) is 0. The Bertz CT molecular complexity index is 431. The second-order valence-electron chi connectivity index (χ2n) is 4.57. The fourth-order valence-corrected chi connectivity index (χ4v) is 3.47. The second-order valence-corrected chi connectivity index (χ2v) is 5.98. The maximum atomic E-state index is 11.7. The first-order valence-electron chi connectivity index (χ1n) is 5.03. The third-order valence-corrected chi connectivity index (χ3v) is 5.17. The first-order valence-corrected chi connectivity index (χ1v) is 5.82. The van der Waals surface area contributed by atoms with Gasteiger partial charge in [-0.1, -0.05) is 46.3 Å². The van der Waals surface area contributed by atoms with E-state index in [4.69, 9.17) is 4.74 Å². The number of cyclic esters (lactones) is 1. The summed E-state index contributed by atoms with van der Waals surface area (Å²) in [5, 5.41) is 0. The molecule has 0 bridgehead atoms. The minimum Gasteiger partial charge on any atom is -0.455 e. The first kappa shape index (κ1) is 9.40. The molecule has 1 saturated carbocycles. The number of esters is 1. The number of carbonyl (C=O) groups excluding carboxylic acids is 1. The standard InChI is InChI=1S/C12H11BrO2/c1-11-7-12(11,13)9(15-10(11)14)8-5-3-2-4-6-8/h2-6,9H,7H2,1H3/t9-,11-,12-/m1/s1. The van der Waals surface area contributed by atoms with Crippen LogP contribution in [0.4, 0.5) is 0 Å². The van der Waals surface area contributed by atoms with Crippen LogP contribution in [0.15, 0.2) is 30.3 Å². The van der Waals surface area contributed by atoms with Crippen molar-refractivity contribution in [2.75, 3.05) is 0 Å². The van der Waals surface area contributed by atoms with Gasteiger partial charge in [-0.25, -0.2) is 0 Å². The summed E-state index contributed by atoms with van der Waals surface area (Å²) in [6, 6.07) is 9.92. The fourth-order valence-electron chi connectivity index (χ4n) is 2.38. The molecule has 0 spiro atoms. The Hall–Kier alpha value is -0.830. The van der Waals surface area contributed by atoms with Gasteiger partial charge >= 0.3 is 5.97 Å². The van der Waals surface area contributed by atoms with Crippen molar-refractivity contribution >= 4 is 21.9 Å². The summed E-state index contributed by atoms with van der Waals surface area (Å²) >= 11 is 3.67. The quantitative estimate of drug-likeness (QED) is 0.577. The molecule has 1 aliphatic carbocycles. The Morgan fingerprint density at radius 3 is 2.53 bits per heavy atom. The van der Waals surface area contributed by atoms with Crippen LogP contribution in [0.25, 0.3) is 0 Å². The van der Waals surface area contributed by atoms with Crippen LogP contribution in [0.5, 0.6) is 0 Å². The van der Waals surface area contributed by atoms with Crippen LogP contribution < -0.4 is 0 Å². The number of rotatable bonds is 1. The van der Waals surface area contributed by atoms with Crippen molar-refractivity contribution in [1.82, 2.24) is 0 Å². The lowest BCUT2D eigenvalue weighted by Gasteiger charge is -2.16. The van der Waals surface area contributed by atoms with Crippen molar-refractivity contribution < 1.29 is 9.53 Å². The first-order chi connectivity index (χ1) is 7.08. The largest absolute Gasteiger partial charge is 0.455 e. The highest BCUT2D eigenvalue weighted by Gasteiger charge is 2.78. The lowest BCUT2D eigenvalue weighted by molar-refractivity contribution is -0.148. The van der Waals surface area contributed by atoms with Gasteiger partial charge in [0, 0.05) is 0 Å². The topological polar surface area (TPSA) is 26.3 Å². The number of ether oxygens (including phenoxy) is 1. The highest BCUT2D eigenvalue weighted by molar-refractivity contribution is 9.10. The van der Waals surface area contributed by atoms with E-state index in [0.29, 0.717) is 0 Å². The Balaban J connectivity index is 2.01. The molecule has 1 saturated heterocycles. The normalized spacial score (nSPS) is 42.3. The van der Waals surface area contributed by atoms with Gasteiger partial charge in [-0.05, 0) is 18.9 Å². The molecule has 0 N–H and O–H groups in total. The molecule has 3 rings (SSSR count). The minimum absolute atomic E-state index is 0.0757. The maximum absolute atomic E-state index is 11.7. The zero-order valence-electron chi connectivity index (χ0n) is 8.37. The number of hydrogen-bond acceptors (Lipinski definition) is 2. The zero-order valence-corrected chi connectivity index (χ0v) is 9.95. The molecule has 3 heteroatoms. The second kappa shape index (κ2) is 2.64. The zero-order chi connectivity index (χ0) is 10.7. The molecule has 2 fully saturated rings. The summed E-state index contributed by atoms with van der Waals surface area (Å²) in [5.41, 5.74) is 0.761. The van der Waals surface area contributed by atoms with Crippen molar-refractivity contribution in [3.63, 3.8) is 0 Å². The van der Waals surface area contributed by atoms with Crippen LogP contribution in [-0.4, -0.2) is 10.3 Å². The molecule has 2 nitrogen and oxygen atoms in total. The van der Waals surface area contributed by atoms with Crippen LogP contribution in [0.3, 0.4) is 0 Å². The third-order valence-electron chi connectivity index (χ3n) is 3.60. The summed E-state index contributed by atoms with van der Waals surface area (Å²) in [6.07, 6.45) is 0.745. The molecule has 2 aliphatic rings. The van der Waals surface area contributed by atoms with E-state index in [1.807, 2.05) is 37.3 Å². The number of fused-ring (bicyclic) bond motifs is 1. The predicted molar refractivity (Wildman–Crippen MR) is 59.7 cm³/mol. The molecule has 78 valence electrons. The molecule has 0 radical (unpaired) electrons. The summed E-state index contributed by atoms with van der Waals surface area (Å²) < 4.78 is 5.26. The van der Waals surface area contributed by atoms with Gasteiger partial charge < -0.3 is 4.74 Å². The Morgan fingerprint density at radius 2 is 2.07 bits per heavy atom. The van der Waals surface area contributed by atoms with Crippen molar-refractivity contribution in [2.45, 2.75) is 23.8 Å². The van der Waals surface area contributed by atoms with Crippen LogP contribution >= 0.6 is 15.9 Å². The van der Waals surface area contributed by atoms with Gasteiger partial charge in [0.05, 0.1) is 9.74 Å². The monoisotopic (exact) mass is 266 g/mol. The van der Waals surface area contributed by atoms with Crippen molar-refractivity contribution in [2.24, 2.45) is 5.41 Å². The number of carbonyl (C=O) groups is 1. The maximum Gasteiger partial charge on any atom is 0.314 e. The Kier molecular flexibility index (Phi) is 1.66. The minimum atomic E-state index is -0.312. The van der Waals surface area contributed by atoms with E-state index in [1.165, 1.54) is 0 Å². The SMILES string of the molecule is C[C@]12C[C@@]1(Br)[C@@H](c1ccccc1)OC2=O. The molecule has 0 unspecified atom stereocenters.